The predicted octanol–water partition coefficient (Wildman–Crippen LogP) is 2.94. The van der Waals surface area contributed by atoms with Gasteiger partial charge in [-0.1, -0.05) is 13.0 Å². The van der Waals surface area contributed by atoms with Crippen LogP contribution in [0.4, 0.5) is 10.1 Å². The van der Waals surface area contributed by atoms with Crippen LogP contribution in [-0.2, 0) is 17.8 Å². The summed E-state index contributed by atoms with van der Waals surface area (Å²) < 4.78 is 15.4. The van der Waals surface area contributed by atoms with E-state index in [4.69, 9.17) is 0 Å². The lowest BCUT2D eigenvalue weighted by Gasteiger charge is -2.31. The third-order valence-corrected chi connectivity index (χ3v) is 4.76. The molecule has 0 saturated carbocycles. The van der Waals surface area contributed by atoms with Gasteiger partial charge >= 0.3 is 0 Å². The monoisotopic (exact) mass is 344 g/mol. The van der Waals surface area contributed by atoms with Crippen molar-refractivity contribution in [2.75, 3.05) is 25.0 Å². The number of likely N-dealkylation sites (tertiary alicyclic amines) is 1. The maximum atomic E-state index is 13.2. The lowest BCUT2D eigenvalue weighted by molar-refractivity contribution is -0.117. The van der Waals surface area contributed by atoms with Crippen molar-refractivity contribution < 1.29 is 9.18 Å². The van der Waals surface area contributed by atoms with Gasteiger partial charge in [0.05, 0.1) is 6.54 Å². The van der Waals surface area contributed by atoms with Crippen LogP contribution in [0.15, 0.2) is 36.7 Å². The summed E-state index contributed by atoms with van der Waals surface area (Å²) in [4.78, 5) is 18.7. The number of hydrogen-bond donors (Lipinski definition) is 1. The van der Waals surface area contributed by atoms with Crippen molar-refractivity contribution in [3.8, 4) is 0 Å². The normalized spacial score (nSPS) is 16.1. The molecule has 1 saturated heterocycles. The highest BCUT2D eigenvalue weighted by Crippen LogP contribution is 2.20. The highest BCUT2D eigenvalue weighted by atomic mass is 19.1. The first-order valence-electron chi connectivity index (χ1n) is 8.92. The van der Waals surface area contributed by atoms with Gasteiger partial charge in [-0.2, -0.15) is 0 Å². The zero-order valence-electron chi connectivity index (χ0n) is 14.6. The van der Waals surface area contributed by atoms with Gasteiger partial charge in [0.1, 0.15) is 11.6 Å². The number of rotatable bonds is 6. The van der Waals surface area contributed by atoms with Crippen LogP contribution in [0, 0.1) is 11.7 Å². The van der Waals surface area contributed by atoms with Gasteiger partial charge < -0.3 is 9.88 Å². The molecule has 0 atom stereocenters. The summed E-state index contributed by atoms with van der Waals surface area (Å²) in [5, 5.41) is 2.76. The van der Waals surface area contributed by atoms with Crippen molar-refractivity contribution in [1.29, 1.82) is 0 Å². The van der Waals surface area contributed by atoms with E-state index in [1.165, 1.54) is 12.1 Å². The minimum absolute atomic E-state index is 0.0908. The second-order valence-electron chi connectivity index (χ2n) is 6.63. The van der Waals surface area contributed by atoms with E-state index in [9.17, 15) is 9.18 Å². The maximum absolute atomic E-state index is 13.2. The molecule has 5 nitrogen and oxygen atoms in total. The first-order valence-corrected chi connectivity index (χ1v) is 8.92. The summed E-state index contributed by atoms with van der Waals surface area (Å²) in [5.41, 5.74) is 0.507. The lowest BCUT2D eigenvalue weighted by Crippen LogP contribution is -2.40. The topological polar surface area (TPSA) is 50.2 Å². The number of nitrogens with zero attached hydrogens (tertiary/aromatic N) is 3. The number of nitrogens with one attached hydrogen (secondary N) is 1. The molecule has 1 aromatic heterocycles. The molecule has 1 aromatic carbocycles. The average Bonchev–Trinajstić information content (AvgIpc) is 3.04. The Bertz CT molecular complexity index is 707. The number of piperidine rings is 1. The SMILES string of the molecule is CCc1nccn1CC1CCN(CC(=O)Nc2cccc(F)c2)CC1. The lowest BCUT2D eigenvalue weighted by atomic mass is 9.96. The van der Waals surface area contributed by atoms with Gasteiger partial charge in [0, 0.05) is 31.0 Å². The molecular weight excluding hydrogens is 319 g/mol. The van der Waals surface area contributed by atoms with Crippen LogP contribution in [0.3, 0.4) is 0 Å². The van der Waals surface area contributed by atoms with Gasteiger partial charge in [-0.15, -0.1) is 0 Å². The van der Waals surface area contributed by atoms with E-state index < -0.39 is 0 Å². The molecule has 1 amide bonds. The van der Waals surface area contributed by atoms with Crippen molar-refractivity contribution in [3.05, 3.63) is 48.3 Å². The van der Waals surface area contributed by atoms with Crippen molar-refractivity contribution in [2.24, 2.45) is 5.92 Å². The number of hydrogen-bond acceptors (Lipinski definition) is 3. The number of anilines is 1. The van der Waals surface area contributed by atoms with Crippen LogP contribution in [0.5, 0.6) is 0 Å². The molecule has 0 unspecified atom stereocenters. The Balaban J connectivity index is 1.43. The number of aryl methyl sites for hydroxylation is 1. The molecule has 0 radical (unpaired) electrons. The fourth-order valence-electron chi connectivity index (χ4n) is 3.40. The molecule has 1 N–H and O–H groups in total. The first kappa shape index (κ1) is 17.6. The Morgan fingerprint density at radius 3 is 2.88 bits per heavy atom. The number of carbonyl (C=O) groups is 1. The van der Waals surface area contributed by atoms with E-state index in [1.807, 2.05) is 6.20 Å². The van der Waals surface area contributed by atoms with Gasteiger partial charge in [-0.3, -0.25) is 9.69 Å². The fraction of sp³-hybridized carbons (Fsp3) is 0.474. The summed E-state index contributed by atoms with van der Waals surface area (Å²) in [6.07, 6.45) is 7.03. The van der Waals surface area contributed by atoms with E-state index in [-0.39, 0.29) is 11.7 Å². The number of halogens is 1. The Hall–Kier alpha value is -2.21. The molecule has 0 spiro atoms. The van der Waals surface area contributed by atoms with Crippen molar-refractivity contribution in [1.82, 2.24) is 14.5 Å². The van der Waals surface area contributed by atoms with Crippen LogP contribution < -0.4 is 5.32 Å². The Morgan fingerprint density at radius 1 is 1.36 bits per heavy atom. The average molecular weight is 344 g/mol. The third-order valence-electron chi connectivity index (χ3n) is 4.76. The second-order valence-corrected chi connectivity index (χ2v) is 6.63. The number of benzene rings is 1. The number of aromatic nitrogens is 2. The Labute approximate surface area is 147 Å². The summed E-state index contributed by atoms with van der Waals surface area (Å²) in [7, 11) is 0. The molecule has 1 fully saturated rings. The predicted molar refractivity (Wildman–Crippen MR) is 95.8 cm³/mol. The van der Waals surface area contributed by atoms with Gasteiger partial charge in [0.2, 0.25) is 5.91 Å². The maximum Gasteiger partial charge on any atom is 0.238 e. The third kappa shape index (κ3) is 4.89. The van der Waals surface area contributed by atoms with E-state index in [0.29, 0.717) is 18.2 Å². The van der Waals surface area contributed by atoms with E-state index in [1.54, 1.807) is 12.1 Å². The van der Waals surface area contributed by atoms with Crippen molar-refractivity contribution in [2.45, 2.75) is 32.7 Å². The highest BCUT2D eigenvalue weighted by molar-refractivity contribution is 5.92. The molecule has 25 heavy (non-hydrogen) atoms. The quantitative estimate of drug-likeness (QED) is 0.876. The molecular formula is C19H25FN4O. The zero-order valence-corrected chi connectivity index (χ0v) is 14.6. The van der Waals surface area contributed by atoms with Crippen LogP contribution >= 0.6 is 0 Å². The van der Waals surface area contributed by atoms with Crippen molar-refractivity contribution in [3.63, 3.8) is 0 Å². The van der Waals surface area contributed by atoms with Gasteiger partial charge in [-0.05, 0) is 50.0 Å². The fourth-order valence-corrected chi connectivity index (χ4v) is 3.40. The number of imidazole rings is 1. The smallest absolute Gasteiger partial charge is 0.238 e. The second kappa shape index (κ2) is 8.25. The number of amides is 1. The molecule has 6 heteroatoms. The zero-order chi connectivity index (χ0) is 17.6. The molecule has 2 aromatic rings. The first-order chi connectivity index (χ1) is 12.1. The largest absolute Gasteiger partial charge is 0.335 e. The van der Waals surface area contributed by atoms with Gasteiger partial charge in [0.25, 0.3) is 0 Å². The minimum Gasteiger partial charge on any atom is -0.335 e. The van der Waals surface area contributed by atoms with Crippen molar-refractivity contribution >= 4 is 11.6 Å². The Morgan fingerprint density at radius 2 is 2.16 bits per heavy atom. The van der Waals surface area contributed by atoms with Crippen LogP contribution in [0.2, 0.25) is 0 Å². The summed E-state index contributed by atoms with van der Waals surface area (Å²) in [6, 6.07) is 5.99. The molecule has 3 rings (SSSR count). The van der Waals surface area contributed by atoms with Crippen LogP contribution in [0.1, 0.15) is 25.6 Å². The molecule has 0 aliphatic carbocycles. The van der Waals surface area contributed by atoms with Gasteiger partial charge in [-0.25, -0.2) is 9.37 Å². The standard InChI is InChI=1S/C19H25FN4O/c1-2-18-21-8-11-24(18)13-15-6-9-23(10-7-15)14-19(25)22-17-5-3-4-16(20)12-17/h3-5,8,11-12,15H,2,6-7,9-10,13-14H2,1H3,(H,22,25). The highest BCUT2D eigenvalue weighted by Gasteiger charge is 2.21. The van der Waals surface area contributed by atoms with Crippen LogP contribution in [0.25, 0.3) is 0 Å². The molecule has 1 aliphatic rings. The minimum atomic E-state index is -0.343. The van der Waals surface area contributed by atoms with Crippen LogP contribution in [-0.4, -0.2) is 40.0 Å². The summed E-state index contributed by atoms with van der Waals surface area (Å²) in [6.45, 7) is 5.31. The van der Waals surface area contributed by atoms with E-state index in [2.05, 4.69) is 32.9 Å². The van der Waals surface area contributed by atoms with E-state index >= 15 is 0 Å². The summed E-state index contributed by atoms with van der Waals surface area (Å²) >= 11 is 0. The van der Waals surface area contributed by atoms with Gasteiger partial charge in [0.15, 0.2) is 0 Å². The molecule has 1 aliphatic heterocycles. The Kier molecular flexibility index (Phi) is 5.81. The molecule has 2 heterocycles. The van der Waals surface area contributed by atoms with E-state index in [0.717, 1.165) is 44.7 Å². The molecule has 0 bridgehead atoms. The summed E-state index contributed by atoms with van der Waals surface area (Å²) in [5.74, 6) is 1.33. The molecule has 134 valence electrons. The number of carbonyl (C=O) groups excluding carboxylic acids is 1.